The van der Waals surface area contributed by atoms with Crippen LogP contribution in [0.25, 0.3) is 0 Å². The zero-order valence-electron chi connectivity index (χ0n) is 9.82. The van der Waals surface area contributed by atoms with Crippen molar-refractivity contribution < 1.29 is 14.6 Å². The Morgan fingerprint density at radius 3 is 2.88 bits per heavy atom. The normalized spacial score (nSPS) is 10.4. The van der Waals surface area contributed by atoms with E-state index in [4.69, 9.17) is 9.47 Å². The van der Waals surface area contributed by atoms with Crippen molar-refractivity contribution in [3.05, 3.63) is 23.8 Å². The number of rotatable bonds is 7. The van der Waals surface area contributed by atoms with Crippen molar-refractivity contribution in [1.29, 1.82) is 0 Å². The summed E-state index contributed by atoms with van der Waals surface area (Å²) in [4.78, 5) is 0. The first kappa shape index (κ1) is 12.8. The summed E-state index contributed by atoms with van der Waals surface area (Å²) in [5.41, 5.74) is 0.829. The average molecular weight is 225 g/mol. The first-order valence-electron chi connectivity index (χ1n) is 5.42. The van der Waals surface area contributed by atoms with E-state index in [1.165, 1.54) is 0 Å². The van der Waals surface area contributed by atoms with Crippen molar-refractivity contribution in [1.82, 2.24) is 5.32 Å². The Balaban J connectivity index is 2.40. The summed E-state index contributed by atoms with van der Waals surface area (Å²) in [5, 5.41) is 12.8. The van der Waals surface area contributed by atoms with Crippen LogP contribution in [-0.4, -0.2) is 32.0 Å². The second kappa shape index (κ2) is 7.09. The van der Waals surface area contributed by atoms with Gasteiger partial charge in [0.05, 0.1) is 13.7 Å². The van der Waals surface area contributed by atoms with Crippen LogP contribution >= 0.6 is 0 Å². The standard InChI is InChI=1S/C12H19NO3/c1-3-16-7-6-13-9-10-8-11(15-2)4-5-12(10)14/h4-5,8,13-14H,3,6-7,9H2,1-2H3. The highest BCUT2D eigenvalue weighted by Crippen LogP contribution is 2.22. The van der Waals surface area contributed by atoms with Gasteiger partial charge in [0.2, 0.25) is 0 Å². The van der Waals surface area contributed by atoms with Crippen molar-refractivity contribution in [2.45, 2.75) is 13.5 Å². The summed E-state index contributed by atoms with van der Waals surface area (Å²) in [6.45, 7) is 4.75. The van der Waals surface area contributed by atoms with Gasteiger partial charge in [0.15, 0.2) is 0 Å². The summed E-state index contributed by atoms with van der Waals surface area (Å²) in [6.07, 6.45) is 0. The summed E-state index contributed by atoms with van der Waals surface area (Å²) in [5.74, 6) is 1.03. The number of phenols is 1. The molecule has 1 rings (SSSR count). The van der Waals surface area contributed by atoms with E-state index in [0.717, 1.165) is 24.5 Å². The third-order valence-corrected chi connectivity index (χ3v) is 2.23. The zero-order valence-corrected chi connectivity index (χ0v) is 9.82. The molecule has 90 valence electrons. The molecule has 1 aromatic rings. The van der Waals surface area contributed by atoms with Crippen LogP contribution in [0, 0.1) is 0 Å². The van der Waals surface area contributed by atoms with Crippen LogP contribution in [0.2, 0.25) is 0 Å². The molecule has 2 N–H and O–H groups in total. The van der Waals surface area contributed by atoms with E-state index in [0.29, 0.717) is 13.2 Å². The number of aromatic hydroxyl groups is 1. The van der Waals surface area contributed by atoms with Gasteiger partial charge in [0.25, 0.3) is 0 Å². The van der Waals surface area contributed by atoms with E-state index in [-0.39, 0.29) is 5.75 Å². The Labute approximate surface area is 96.2 Å². The maximum absolute atomic E-state index is 9.61. The summed E-state index contributed by atoms with van der Waals surface area (Å²) >= 11 is 0. The van der Waals surface area contributed by atoms with E-state index in [1.807, 2.05) is 13.0 Å². The van der Waals surface area contributed by atoms with E-state index in [1.54, 1.807) is 19.2 Å². The van der Waals surface area contributed by atoms with Crippen LogP contribution in [0.15, 0.2) is 18.2 Å². The minimum absolute atomic E-state index is 0.282. The molecular formula is C12H19NO3. The molecule has 0 unspecified atom stereocenters. The Kier molecular flexibility index (Phi) is 5.67. The van der Waals surface area contributed by atoms with Crippen LogP contribution in [0.3, 0.4) is 0 Å². The summed E-state index contributed by atoms with van der Waals surface area (Å²) in [7, 11) is 1.61. The highest BCUT2D eigenvalue weighted by Gasteiger charge is 2.02. The molecule has 0 aromatic heterocycles. The molecule has 0 aliphatic carbocycles. The van der Waals surface area contributed by atoms with E-state index < -0.39 is 0 Å². The van der Waals surface area contributed by atoms with Gasteiger partial charge in [-0.2, -0.15) is 0 Å². The number of benzene rings is 1. The first-order chi connectivity index (χ1) is 7.77. The Bertz CT molecular complexity index is 315. The van der Waals surface area contributed by atoms with Crippen LogP contribution in [0.4, 0.5) is 0 Å². The van der Waals surface area contributed by atoms with Gasteiger partial charge >= 0.3 is 0 Å². The maximum atomic E-state index is 9.61. The molecule has 0 saturated carbocycles. The van der Waals surface area contributed by atoms with E-state index in [2.05, 4.69) is 5.32 Å². The fraction of sp³-hybridized carbons (Fsp3) is 0.500. The SMILES string of the molecule is CCOCCNCc1cc(OC)ccc1O. The minimum atomic E-state index is 0.282. The van der Waals surface area contributed by atoms with Crippen LogP contribution in [0.5, 0.6) is 11.5 Å². The number of nitrogens with one attached hydrogen (secondary N) is 1. The molecule has 0 bridgehead atoms. The van der Waals surface area contributed by atoms with Crippen molar-refractivity contribution >= 4 is 0 Å². The van der Waals surface area contributed by atoms with Gasteiger partial charge < -0.3 is 19.9 Å². The molecule has 0 saturated heterocycles. The molecule has 4 nitrogen and oxygen atoms in total. The molecule has 0 amide bonds. The van der Waals surface area contributed by atoms with E-state index >= 15 is 0 Å². The Morgan fingerprint density at radius 2 is 2.19 bits per heavy atom. The van der Waals surface area contributed by atoms with Gasteiger partial charge in [-0.05, 0) is 25.1 Å². The highest BCUT2D eigenvalue weighted by atomic mass is 16.5. The van der Waals surface area contributed by atoms with Crippen molar-refractivity contribution in [2.24, 2.45) is 0 Å². The summed E-state index contributed by atoms with van der Waals surface area (Å²) < 4.78 is 10.3. The fourth-order valence-electron chi connectivity index (χ4n) is 1.34. The van der Waals surface area contributed by atoms with Crippen molar-refractivity contribution in [2.75, 3.05) is 26.9 Å². The third kappa shape index (κ3) is 4.08. The summed E-state index contributed by atoms with van der Waals surface area (Å²) in [6, 6.07) is 5.19. The average Bonchev–Trinajstić information content (AvgIpc) is 2.31. The van der Waals surface area contributed by atoms with Gasteiger partial charge in [-0.1, -0.05) is 0 Å². The molecule has 16 heavy (non-hydrogen) atoms. The topological polar surface area (TPSA) is 50.7 Å². The number of methoxy groups -OCH3 is 1. The van der Waals surface area contributed by atoms with Gasteiger partial charge in [0, 0.05) is 25.3 Å². The monoisotopic (exact) mass is 225 g/mol. The van der Waals surface area contributed by atoms with Crippen LogP contribution < -0.4 is 10.1 Å². The number of hydrogen-bond donors (Lipinski definition) is 2. The van der Waals surface area contributed by atoms with Gasteiger partial charge in [-0.25, -0.2) is 0 Å². The third-order valence-electron chi connectivity index (χ3n) is 2.23. The maximum Gasteiger partial charge on any atom is 0.120 e. The second-order valence-electron chi connectivity index (χ2n) is 3.37. The number of ether oxygens (including phenoxy) is 2. The lowest BCUT2D eigenvalue weighted by Crippen LogP contribution is -2.19. The first-order valence-corrected chi connectivity index (χ1v) is 5.42. The molecule has 0 radical (unpaired) electrons. The lowest BCUT2D eigenvalue weighted by Gasteiger charge is -2.08. The molecular weight excluding hydrogens is 206 g/mol. The van der Waals surface area contributed by atoms with Gasteiger partial charge in [0.1, 0.15) is 11.5 Å². The molecule has 0 atom stereocenters. The predicted molar refractivity (Wildman–Crippen MR) is 62.9 cm³/mol. The number of phenolic OH excluding ortho intramolecular Hbond substituents is 1. The molecule has 0 aliphatic heterocycles. The Morgan fingerprint density at radius 1 is 1.38 bits per heavy atom. The van der Waals surface area contributed by atoms with Crippen molar-refractivity contribution in [3.63, 3.8) is 0 Å². The Hall–Kier alpha value is -1.26. The smallest absolute Gasteiger partial charge is 0.120 e. The lowest BCUT2D eigenvalue weighted by molar-refractivity contribution is 0.149. The largest absolute Gasteiger partial charge is 0.508 e. The number of hydrogen-bond acceptors (Lipinski definition) is 4. The minimum Gasteiger partial charge on any atom is -0.508 e. The van der Waals surface area contributed by atoms with Crippen molar-refractivity contribution in [3.8, 4) is 11.5 Å². The quantitative estimate of drug-likeness (QED) is 0.691. The highest BCUT2D eigenvalue weighted by molar-refractivity contribution is 5.39. The van der Waals surface area contributed by atoms with Crippen LogP contribution in [-0.2, 0) is 11.3 Å². The molecule has 1 aromatic carbocycles. The molecule has 0 aliphatic rings. The zero-order chi connectivity index (χ0) is 11.8. The lowest BCUT2D eigenvalue weighted by atomic mass is 10.2. The molecule has 0 heterocycles. The molecule has 0 spiro atoms. The fourth-order valence-corrected chi connectivity index (χ4v) is 1.34. The second-order valence-corrected chi connectivity index (χ2v) is 3.37. The molecule has 0 fully saturated rings. The van der Waals surface area contributed by atoms with Crippen LogP contribution in [0.1, 0.15) is 12.5 Å². The predicted octanol–water partition coefficient (Wildman–Crippen LogP) is 1.53. The van der Waals surface area contributed by atoms with Gasteiger partial charge in [-0.3, -0.25) is 0 Å². The molecule has 4 heteroatoms. The van der Waals surface area contributed by atoms with Gasteiger partial charge in [-0.15, -0.1) is 0 Å². The van der Waals surface area contributed by atoms with E-state index in [9.17, 15) is 5.11 Å².